The second-order valence-electron chi connectivity index (χ2n) is 3.35. The van der Waals surface area contributed by atoms with E-state index in [0.717, 1.165) is 5.56 Å². The van der Waals surface area contributed by atoms with Crippen molar-refractivity contribution < 1.29 is 5.11 Å². The summed E-state index contributed by atoms with van der Waals surface area (Å²) in [5, 5.41) is 17.0. The molecule has 1 unspecified atom stereocenters. The van der Waals surface area contributed by atoms with Crippen molar-refractivity contribution in [2.45, 2.75) is 19.4 Å². The molecular formula is C10H14N2O. The Morgan fingerprint density at radius 2 is 1.85 bits per heavy atom. The highest BCUT2D eigenvalue weighted by atomic mass is 16.3. The fourth-order valence-corrected chi connectivity index (χ4v) is 1.03. The van der Waals surface area contributed by atoms with E-state index >= 15 is 0 Å². The van der Waals surface area contributed by atoms with E-state index in [0.29, 0.717) is 5.56 Å². The maximum atomic E-state index is 9.80. The number of nitrogens with one attached hydrogen (secondary N) is 1. The molecule has 0 aliphatic heterocycles. The van der Waals surface area contributed by atoms with Gasteiger partial charge in [-0.05, 0) is 19.4 Å². The van der Waals surface area contributed by atoms with Gasteiger partial charge in [-0.3, -0.25) is 5.41 Å². The maximum Gasteiger partial charge on any atom is 0.143 e. The molecule has 70 valence electrons. The van der Waals surface area contributed by atoms with Gasteiger partial charge in [0.1, 0.15) is 11.4 Å². The fraction of sp³-hybridized carbons (Fsp3) is 0.300. The molecule has 1 aromatic carbocycles. The number of hydrogen-bond acceptors (Lipinski definition) is 2. The van der Waals surface area contributed by atoms with Crippen molar-refractivity contribution in [2.24, 2.45) is 5.73 Å². The molecule has 0 fully saturated rings. The van der Waals surface area contributed by atoms with Gasteiger partial charge in [0.2, 0.25) is 0 Å². The molecule has 0 radical (unpaired) electrons. The van der Waals surface area contributed by atoms with Crippen LogP contribution in [0.1, 0.15) is 18.1 Å². The van der Waals surface area contributed by atoms with Crippen molar-refractivity contribution in [2.75, 3.05) is 0 Å². The van der Waals surface area contributed by atoms with E-state index < -0.39 is 5.60 Å². The van der Waals surface area contributed by atoms with E-state index in [1.54, 1.807) is 12.1 Å². The number of benzene rings is 1. The first-order valence-corrected chi connectivity index (χ1v) is 4.08. The average molecular weight is 178 g/mol. The Kier molecular flexibility index (Phi) is 2.38. The lowest BCUT2D eigenvalue weighted by Crippen LogP contribution is -2.37. The monoisotopic (exact) mass is 178 g/mol. The standard InChI is InChI=1S/C10H14N2O/c1-7-3-5-8(6-4-7)10(2,13)9(11)12/h3-6,13H,1-2H3,(H3,11,12). The molecule has 0 saturated heterocycles. The van der Waals surface area contributed by atoms with E-state index in [9.17, 15) is 5.11 Å². The fourth-order valence-electron chi connectivity index (χ4n) is 1.03. The zero-order valence-electron chi connectivity index (χ0n) is 7.83. The van der Waals surface area contributed by atoms with Crippen molar-refractivity contribution in [3.05, 3.63) is 35.4 Å². The molecule has 0 heterocycles. The lowest BCUT2D eigenvalue weighted by molar-refractivity contribution is 0.130. The summed E-state index contributed by atoms with van der Waals surface area (Å²) in [6.45, 7) is 3.48. The predicted molar refractivity (Wildman–Crippen MR) is 52.7 cm³/mol. The second-order valence-corrected chi connectivity index (χ2v) is 3.35. The van der Waals surface area contributed by atoms with Crippen LogP contribution in [-0.2, 0) is 5.60 Å². The summed E-state index contributed by atoms with van der Waals surface area (Å²) in [7, 11) is 0. The van der Waals surface area contributed by atoms with Crippen LogP contribution >= 0.6 is 0 Å². The molecule has 4 N–H and O–H groups in total. The predicted octanol–water partition coefficient (Wildman–Crippen LogP) is 1.14. The lowest BCUT2D eigenvalue weighted by Gasteiger charge is -2.21. The third kappa shape index (κ3) is 1.87. The molecule has 1 aromatic rings. The van der Waals surface area contributed by atoms with Gasteiger partial charge in [-0.1, -0.05) is 29.8 Å². The minimum atomic E-state index is -1.35. The van der Waals surface area contributed by atoms with Crippen LogP contribution in [0.2, 0.25) is 0 Å². The first-order valence-electron chi connectivity index (χ1n) is 4.08. The summed E-state index contributed by atoms with van der Waals surface area (Å²) < 4.78 is 0. The van der Waals surface area contributed by atoms with Crippen molar-refractivity contribution in [1.29, 1.82) is 5.41 Å². The first-order chi connectivity index (χ1) is 5.94. The van der Waals surface area contributed by atoms with Crippen molar-refractivity contribution in [3.8, 4) is 0 Å². The zero-order valence-corrected chi connectivity index (χ0v) is 7.83. The van der Waals surface area contributed by atoms with Gasteiger partial charge in [-0.2, -0.15) is 0 Å². The normalized spacial score (nSPS) is 15.0. The SMILES string of the molecule is Cc1ccc(C(C)(O)C(=N)N)cc1. The van der Waals surface area contributed by atoms with Crippen LogP contribution in [0.5, 0.6) is 0 Å². The smallest absolute Gasteiger partial charge is 0.143 e. The van der Waals surface area contributed by atoms with E-state index in [2.05, 4.69) is 0 Å². The van der Waals surface area contributed by atoms with Gasteiger partial charge < -0.3 is 10.8 Å². The summed E-state index contributed by atoms with van der Waals surface area (Å²) >= 11 is 0. The molecular weight excluding hydrogens is 164 g/mol. The minimum absolute atomic E-state index is 0.239. The maximum absolute atomic E-state index is 9.80. The topological polar surface area (TPSA) is 70.1 Å². The highest BCUT2D eigenvalue weighted by Crippen LogP contribution is 2.20. The zero-order chi connectivity index (χ0) is 10.1. The van der Waals surface area contributed by atoms with Gasteiger partial charge >= 0.3 is 0 Å². The second kappa shape index (κ2) is 3.18. The number of aryl methyl sites for hydroxylation is 1. The van der Waals surface area contributed by atoms with E-state index in [1.165, 1.54) is 6.92 Å². The number of amidine groups is 1. The van der Waals surface area contributed by atoms with E-state index in [4.69, 9.17) is 11.1 Å². The molecule has 0 bridgehead atoms. The molecule has 0 aliphatic rings. The van der Waals surface area contributed by atoms with Gasteiger partial charge in [-0.25, -0.2) is 0 Å². The molecule has 3 heteroatoms. The Morgan fingerprint density at radius 1 is 1.38 bits per heavy atom. The Hall–Kier alpha value is -1.35. The molecule has 0 aliphatic carbocycles. The van der Waals surface area contributed by atoms with Crippen molar-refractivity contribution >= 4 is 5.84 Å². The van der Waals surface area contributed by atoms with Gasteiger partial charge in [-0.15, -0.1) is 0 Å². The Morgan fingerprint density at radius 3 is 2.23 bits per heavy atom. The third-order valence-electron chi connectivity index (χ3n) is 2.14. The number of aliphatic hydroxyl groups is 1. The number of rotatable bonds is 2. The first kappa shape index (κ1) is 9.74. The van der Waals surface area contributed by atoms with Gasteiger partial charge in [0.15, 0.2) is 0 Å². The largest absolute Gasteiger partial charge is 0.385 e. The minimum Gasteiger partial charge on any atom is -0.385 e. The van der Waals surface area contributed by atoms with Crippen LogP contribution in [0.25, 0.3) is 0 Å². The molecule has 0 aromatic heterocycles. The molecule has 1 atom stereocenters. The van der Waals surface area contributed by atoms with Crippen LogP contribution in [0.3, 0.4) is 0 Å². The molecule has 1 rings (SSSR count). The summed E-state index contributed by atoms with van der Waals surface area (Å²) in [6.07, 6.45) is 0. The summed E-state index contributed by atoms with van der Waals surface area (Å²) in [5.41, 5.74) is 5.68. The molecule has 0 amide bonds. The number of hydrogen-bond donors (Lipinski definition) is 3. The van der Waals surface area contributed by atoms with Gasteiger partial charge in [0.05, 0.1) is 0 Å². The Balaban J connectivity index is 3.08. The molecule has 0 saturated carbocycles. The highest BCUT2D eigenvalue weighted by Gasteiger charge is 2.26. The van der Waals surface area contributed by atoms with Crippen LogP contribution in [-0.4, -0.2) is 10.9 Å². The summed E-state index contributed by atoms with van der Waals surface area (Å²) in [4.78, 5) is 0. The summed E-state index contributed by atoms with van der Waals surface area (Å²) in [6, 6.07) is 7.31. The Bertz CT molecular complexity index is 314. The van der Waals surface area contributed by atoms with Gasteiger partial charge in [0.25, 0.3) is 0 Å². The highest BCUT2D eigenvalue weighted by molar-refractivity contribution is 5.86. The summed E-state index contributed by atoms with van der Waals surface area (Å²) in [5.74, 6) is -0.239. The van der Waals surface area contributed by atoms with Crippen LogP contribution in [0.4, 0.5) is 0 Å². The molecule has 13 heavy (non-hydrogen) atoms. The molecule has 0 spiro atoms. The lowest BCUT2D eigenvalue weighted by atomic mass is 9.94. The van der Waals surface area contributed by atoms with Crippen LogP contribution in [0.15, 0.2) is 24.3 Å². The number of nitrogens with two attached hydrogens (primary N) is 1. The molecule has 3 nitrogen and oxygen atoms in total. The van der Waals surface area contributed by atoms with Crippen LogP contribution in [0, 0.1) is 12.3 Å². The Labute approximate surface area is 77.7 Å². The average Bonchev–Trinajstić information content (AvgIpc) is 2.04. The van der Waals surface area contributed by atoms with E-state index in [-0.39, 0.29) is 5.84 Å². The van der Waals surface area contributed by atoms with E-state index in [1.807, 2.05) is 19.1 Å². The van der Waals surface area contributed by atoms with Crippen molar-refractivity contribution in [3.63, 3.8) is 0 Å². The van der Waals surface area contributed by atoms with Crippen LogP contribution < -0.4 is 5.73 Å². The van der Waals surface area contributed by atoms with Crippen molar-refractivity contribution in [1.82, 2.24) is 0 Å². The quantitative estimate of drug-likeness (QED) is 0.469. The third-order valence-corrected chi connectivity index (χ3v) is 2.14. The van der Waals surface area contributed by atoms with Gasteiger partial charge in [0, 0.05) is 0 Å².